The predicted molar refractivity (Wildman–Crippen MR) is 62.8 cm³/mol. The van der Waals surface area contributed by atoms with Crippen molar-refractivity contribution in [2.45, 2.75) is 37.5 Å². The topological polar surface area (TPSA) is 20.2 Å². The van der Waals surface area contributed by atoms with Crippen molar-refractivity contribution in [1.29, 1.82) is 0 Å². The van der Waals surface area contributed by atoms with E-state index in [4.69, 9.17) is 5.11 Å². The first kappa shape index (κ1) is 10.7. The van der Waals surface area contributed by atoms with Crippen molar-refractivity contribution >= 4 is 0 Å². The monoisotopic (exact) mass is 203 g/mol. The van der Waals surface area contributed by atoms with E-state index < -0.39 is 0 Å². The van der Waals surface area contributed by atoms with Crippen LogP contribution < -0.4 is 0 Å². The summed E-state index contributed by atoms with van der Waals surface area (Å²) in [5, 5.41) is 9.08. The Morgan fingerprint density at radius 1 is 1.33 bits per heavy atom. The maximum absolute atomic E-state index is 9.08. The SMILES string of the molecule is [CH2]C(CO)c1cccc(C2CCCC2)c1. The van der Waals surface area contributed by atoms with Crippen LogP contribution in [0.4, 0.5) is 0 Å². The molecule has 1 aliphatic rings. The molecule has 15 heavy (non-hydrogen) atoms. The van der Waals surface area contributed by atoms with Crippen LogP contribution in [0, 0.1) is 6.92 Å². The molecule has 1 fully saturated rings. The molecular weight excluding hydrogens is 184 g/mol. The number of benzene rings is 1. The second kappa shape index (κ2) is 4.80. The zero-order valence-electron chi connectivity index (χ0n) is 9.15. The highest BCUT2D eigenvalue weighted by Crippen LogP contribution is 2.34. The fourth-order valence-electron chi connectivity index (χ4n) is 2.43. The molecule has 1 aromatic rings. The molecular formula is C14H19O. The summed E-state index contributed by atoms with van der Waals surface area (Å²) in [6, 6.07) is 8.59. The third kappa shape index (κ3) is 2.40. The molecule has 0 heterocycles. The minimum atomic E-state index is 0.0198. The molecule has 1 unspecified atom stereocenters. The fourth-order valence-corrected chi connectivity index (χ4v) is 2.43. The predicted octanol–water partition coefficient (Wildman–Crippen LogP) is 3.25. The van der Waals surface area contributed by atoms with Gasteiger partial charge >= 0.3 is 0 Å². The highest BCUT2D eigenvalue weighted by Gasteiger charge is 2.17. The molecule has 0 aromatic heterocycles. The molecule has 1 heteroatoms. The minimum absolute atomic E-state index is 0.0198. The van der Waals surface area contributed by atoms with Crippen molar-refractivity contribution in [2.24, 2.45) is 0 Å². The van der Waals surface area contributed by atoms with Crippen LogP contribution in [-0.4, -0.2) is 11.7 Å². The lowest BCUT2D eigenvalue weighted by atomic mass is 9.92. The molecule has 1 aromatic carbocycles. The summed E-state index contributed by atoms with van der Waals surface area (Å²) in [6.45, 7) is 4.08. The molecule has 1 aliphatic carbocycles. The van der Waals surface area contributed by atoms with Gasteiger partial charge in [-0.3, -0.25) is 0 Å². The Morgan fingerprint density at radius 2 is 2.07 bits per heavy atom. The van der Waals surface area contributed by atoms with E-state index in [9.17, 15) is 0 Å². The van der Waals surface area contributed by atoms with Crippen LogP contribution in [0.2, 0.25) is 0 Å². The zero-order chi connectivity index (χ0) is 10.7. The number of rotatable bonds is 3. The summed E-state index contributed by atoms with van der Waals surface area (Å²) in [5.74, 6) is 0.766. The lowest BCUT2D eigenvalue weighted by molar-refractivity contribution is 0.282. The Balaban J connectivity index is 2.18. The molecule has 1 nitrogen and oxygen atoms in total. The average molecular weight is 203 g/mol. The van der Waals surface area contributed by atoms with Gasteiger partial charge in [-0.2, -0.15) is 0 Å². The molecule has 0 bridgehead atoms. The Hall–Kier alpha value is -0.820. The smallest absolute Gasteiger partial charge is 0.0499 e. The number of hydrogen-bond donors (Lipinski definition) is 1. The largest absolute Gasteiger partial charge is 0.396 e. The lowest BCUT2D eigenvalue weighted by Crippen LogP contribution is -2.01. The molecule has 0 saturated heterocycles. The molecule has 2 rings (SSSR count). The lowest BCUT2D eigenvalue weighted by Gasteiger charge is -2.13. The summed E-state index contributed by atoms with van der Waals surface area (Å²) < 4.78 is 0. The van der Waals surface area contributed by atoms with Crippen LogP contribution >= 0.6 is 0 Å². The third-order valence-corrected chi connectivity index (χ3v) is 3.43. The maximum Gasteiger partial charge on any atom is 0.0499 e. The third-order valence-electron chi connectivity index (χ3n) is 3.43. The first-order valence-electron chi connectivity index (χ1n) is 5.85. The Kier molecular flexibility index (Phi) is 3.42. The van der Waals surface area contributed by atoms with Crippen LogP contribution in [0.15, 0.2) is 24.3 Å². The molecule has 1 radical (unpaired) electrons. The zero-order valence-corrected chi connectivity index (χ0v) is 9.15. The van der Waals surface area contributed by atoms with Crippen LogP contribution in [0.5, 0.6) is 0 Å². The quantitative estimate of drug-likeness (QED) is 0.799. The van der Waals surface area contributed by atoms with Crippen LogP contribution in [-0.2, 0) is 0 Å². The molecule has 0 spiro atoms. The van der Waals surface area contributed by atoms with E-state index in [0.717, 1.165) is 5.92 Å². The Bertz CT molecular complexity index is 313. The van der Waals surface area contributed by atoms with Crippen molar-refractivity contribution in [3.05, 3.63) is 42.3 Å². The van der Waals surface area contributed by atoms with Gasteiger partial charge in [0, 0.05) is 12.5 Å². The van der Waals surface area contributed by atoms with E-state index in [2.05, 4.69) is 31.2 Å². The van der Waals surface area contributed by atoms with Crippen LogP contribution in [0.3, 0.4) is 0 Å². The highest BCUT2D eigenvalue weighted by atomic mass is 16.3. The van der Waals surface area contributed by atoms with Gasteiger partial charge in [0.15, 0.2) is 0 Å². The molecule has 0 aliphatic heterocycles. The first-order chi connectivity index (χ1) is 7.31. The van der Waals surface area contributed by atoms with Gasteiger partial charge in [-0.25, -0.2) is 0 Å². The van der Waals surface area contributed by atoms with Gasteiger partial charge in [0.05, 0.1) is 0 Å². The van der Waals surface area contributed by atoms with E-state index in [0.29, 0.717) is 0 Å². The average Bonchev–Trinajstić information content (AvgIpc) is 2.82. The summed E-state index contributed by atoms with van der Waals surface area (Å²) in [4.78, 5) is 0. The van der Waals surface area contributed by atoms with Crippen molar-refractivity contribution < 1.29 is 5.11 Å². The van der Waals surface area contributed by atoms with E-state index in [1.807, 2.05) is 0 Å². The van der Waals surface area contributed by atoms with E-state index in [1.165, 1.54) is 36.8 Å². The van der Waals surface area contributed by atoms with Crippen molar-refractivity contribution in [3.8, 4) is 0 Å². The van der Waals surface area contributed by atoms with E-state index >= 15 is 0 Å². The minimum Gasteiger partial charge on any atom is -0.396 e. The molecule has 81 valence electrons. The Morgan fingerprint density at radius 3 is 2.73 bits per heavy atom. The van der Waals surface area contributed by atoms with Crippen molar-refractivity contribution in [2.75, 3.05) is 6.61 Å². The molecule has 1 saturated carbocycles. The van der Waals surface area contributed by atoms with Gasteiger partial charge in [0.2, 0.25) is 0 Å². The summed E-state index contributed by atoms with van der Waals surface area (Å²) in [5.41, 5.74) is 2.61. The summed E-state index contributed by atoms with van der Waals surface area (Å²) >= 11 is 0. The second-order valence-corrected chi connectivity index (χ2v) is 4.53. The summed E-state index contributed by atoms with van der Waals surface area (Å²) in [6.07, 6.45) is 5.38. The molecule has 0 amide bonds. The van der Waals surface area contributed by atoms with Crippen LogP contribution in [0.25, 0.3) is 0 Å². The van der Waals surface area contributed by atoms with Gasteiger partial charge in [-0.1, -0.05) is 37.1 Å². The van der Waals surface area contributed by atoms with Gasteiger partial charge in [0.1, 0.15) is 0 Å². The van der Waals surface area contributed by atoms with E-state index in [-0.39, 0.29) is 12.5 Å². The van der Waals surface area contributed by atoms with Gasteiger partial charge in [0.25, 0.3) is 0 Å². The first-order valence-corrected chi connectivity index (χ1v) is 5.85. The Labute approximate surface area is 92.1 Å². The van der Waals surface area contributed by atoms with Gasteiger partial charge in [-0.05, 0) is 36.8 Å². The fraction of sp³-hybridized carbons (Fsp3) is 0.500. The standard InChI is InChI=1S/C14H19O/c1-11(10-15)13-7-4-8-14(9-13)12-5-2-3-6-12/h4,7-9,11-12,15H,1-3,5-6,10H2. The normalized spacial score (nSPS) is 19.3. The van der Waals surface area contributed by atoms with Gasteiger partial charge in [-0.15, -0.1) is 0 Å². The van der Waals surface area contributed by atoms with E-state index in [1.54, 1.807) is 0 Å². The molecule has 1 N–H and O–H groups in total. The summed E-state index contributed by atoms with van der Waals surface area (Å²) in [7, 11) is 0. The number of hydrogen-bond acceptors (Lipinski definition) is 1. The maximum atomic E-state index is 9.08. The second-order valence-electron chi connectivity index (χ2n) is 4.53. The van der Waals surface area contributed by atoms with Crippen molar-refractivity contribution in [1.82, 2.24) is 0 Å². The number of aliphatic hydroxyl groups excluding tert-OH is 1. The van der Waals surface area contributed by atoms with Gasteiger partial charge < -0.3 is 5.11 Å². The van der Waals surface area contributed by atoms with Crippen molar-refractivity contribution in [3.63, 3.8) is 0 Å². The van der Waals surface area contributed by atoms with Crippen LogP contribution in [0.1, 0.15) is 48.6 Å². The number of aliphatic hydroxyl groups is 1. The highest BCUT2D eigenvalue weighted by molar-refractivity contribution is 5.30. The molecule has 1 atom stereocenters.